The number of rotatable bonds is 3. The van der Waals surface area contributed by atoms with E-state index < -0.39 is 10.0 Å². The third kappa shape index (κ3) is 3.10. The topological polar surface area (TPSA) is 50.3 Å². The second-order valence-corrected chi connectivity index (χ2v) is 8.47. The van der Waals surface area contributed by atoms with Gasteiger partial charge < -0.3 is 0 Å². The Kier molecular flexibility index (Phi) is 4.74. The average Bonchev–Trinajstić information content (AvgIpc) is 2.54. The lowest BCUT2D eigenvalue weighted by Gasteiger charge is -2.35. The Morgan fingerprint density at radius 1 is 1.12 bits per heavy atom. The van der Waals surface area contributed by atoms with Gasteiger partial charge in [-0.05, 0) is 56.4 Å². The maximum absolute atomic E-state index is 13.4. The molecule has 2 heterocycles. The van der Waals surface area contributed by atoms with Gasteiger partial charge in [-0.25, -0.2) is 8.42 Å². The third-order valence-electron chi connectivity index (χ3n) is 4.69. The minimum atomic E-state index is -3.53. The summed E-state index contributed by atoms with van der Waals surface area (Å²) in [4.78, 5) is 4.64. The lowest BCUT2D eigenvalue weighted by molar-refractivity contribution is 0.255. The van der Waals surface area contributed by atoms with Gasteiger partial charge in [0.15, 0.2) is 0 Å². The predicted molar refractivity (Wildman–Crippen MR) is 95.4 cm³/mol. The summed E-state index contributed by atoms with van der Waals surface area (Å²) in [6, 6.07) is 7.61. The van der Waals surface area contributed by atoms with E-state index in [-0.39, 0.29) is 6.04 Å². The van der Waals surface area contributed by atoms with Crippen LogP contribution in [0.5, 0.6) is 0 Å². The summed E-state index contributed by atoms with van der Waals surface area (Å²) in [6.07, 6.45) is 6.29. The molecule has 1 unspecified atom stereocenters. The van der Waals surface area contributed by atoms with Crippen LogP contribution in [0.15, 0.2) is 41.6 Å². The van der Waals surface area contributed by atoms with Crippen molar-refractivity contribution in [3.63, 3.8) is 0 Å². The van der Waals surface area contributed by atoms with E-state index in [0.717, 1.165) is 41.5 Å². The molecule has 0 bridgehead atoms. The molecule has 1 aromatic heterocycles. The molecule has 2 aromatic rings. The Labute approximate surface area is 144 Å². The van der Waals surface area contributed by atoms with Gasteiger partial charge in [-0.2, -0.15) is 4.31 Å². The Bertz CT molecular complexity index is 809. The van der Waals surface area contributed by atoms with E-state index in [1.165, 1.54) is 0 Å². The van der Waals surface area contributed by atoms with Gasteiger partial charge in [0.2, 0.25) is 10.0 Å². The summed E-state index contributed by atoms with van der Waals surface area (Å²) < 4.78 is 28.5. The lowest BCUT2D eigenvalue weighted by Crippen LogP contribution is -2.39. The maximum Gasteiger partial charge on any atom is 0.244 e. The first-order valence-corrected chi connectivity index (χ1v) is 9.85. The van der Waals surface area contributed by atoms with Crippen LogP contribution in [0.3, 0.4) is 0 Å². The number of nitrogens with zero attached hydrogens (tertiary/aromatic N) is 2. The number of piperidine rings is 1. The number of hydrogen-bond donors (Lipinski definition) is 0. The van der Waals surface area contributed by atoms with Crippen molar-refractivity contribution in [1.29, 1.82) is 0 Å². The zero-order chi connectivity index (χ0) is 17.3. The van der Waals surface area contributed by atoms with E-state index in [2.05, 4.69) is 4.98 Å². The molecule has 0 aliphatic carbocycles. The van der Waals surface area contributed by atoms with Crippen molar-refractivity contribution < 1.29 is 8.42 Å². The molecule has 0 saturated carbocycles. The SMILES string of the molecule is Cc1cc(C)c(S(=O)(=O)N2CCCCC2c2cccnc2)c(C)c1. The van der Waals surface area contributed by atoms with Gasteiger partial charge in [0.05, 0.1) is 10.9 Å². The van der Waals surface area contributed by atoms with Crippen molar-refractivity contribution in [2.45, 2.75) is 51.0 Å². The van der Waals surface area contributed by atoms with Gasteiger partial charge in [-0.1, -0.05) is 30.2 Å². The fraction of sp³-hybridized carbons (Fsp3) is 0.421. The summed E-state index contributed by atoms with van der Waals surface area (Å²) in [6.45, 7) is 6.33. The van der Waals surface area contributed by atoms with Crippen LogP contribution in [0, 0.1) is 20.8 Å². The molecule has 0 amide bonds. The van der Waals surface area contributed by atoms with E-state index >= 15 is 0 Å². The summed E-state index contributed by atoms with van der Waals surface area (Å²) >= 11 is 0. The van der Waals surface area contributed by atoms with Crippen LogP contribution in [-0.4, -0.2) is 24.3 Å². The molecular formula is C19H24N2O2S. The Hall–Kier alpha value is -1.72. The molecule has 24 heavy (non-hydrogen) atoms. The lowest BCUT2D eigenvalue weighted by atomic mass is 9.99. The number of benzene rings is 1. The summed E-state index contributed by atoms with van der Waals surface area (Å²) in [5.41, 5.74) is 3.71. The normalized spacial score (nSPS) is 19.4. The van der Waals surface area contributed by atoms with E-state index in [4.69, 9.17) is 0 Å². The minimum Gasteiger partial charge on any atom is -0.264 e. The van der Waals surface area contributed by atoms with Crippen molar-refractivity contribution in [3.8, 4) is 0 Å². The highest BCUT2D eigenvalue weighted by molar-refractivity contribution is 7.89. The standard InChI is InChI=1S/C19H24N2O2S/c1-14-11-15(2)19(16(3)12-14)24(22,23)21-10-5-4-8-18(21)17-7-6-9-20-13-17/h6-7,9,11-13,18H,4-5,8,10H2,1-3H3. The third-order valence-corrected chi connectivity index (χ3v) is 6.91. The Morgan fingerprint density at radius 3 is 2.46 bits per heavy atom. The second kappa shape index (κ2) is 6.65. The number of aromatic nitrogens is 1. The number of hydrogen-bond acceptors (Lipinski definition) is 3. The molecule has 4 nitrogen and oxygen atoms in total. The van der Waals surface area contributed by atoms with Crippen molar-refractivity contribution in [2.75, 3.05) is 6.54 Å². The van der Waals surface area contributed by atoms with Gasteiger partial charge in [-0.15, -0.1) is 0 Å². The zero-order valence-electron chi connectivity index (χ0n) is 14.5. The van der Waals surface area contributed by atoms with Gasteiger partial charge >= 0.3 is 0 Å². The summed E-state index contributed by atoms with van der Waals surface area (Å²) in [5, 5.41) is 0. The van der Waals surface area contributed by atoms with Crippen LogP contribution in [0.4, 0.5) is 0 Å². The Morgan fingerprint density at radius 2 is 1.83 bits per heavy atom. The monoisotopic (exact) mass is 344 g/mol. The van der Waals surface area contributed by atoms with Crippen LogP contribution in [-0.2, 0) is 10.0 Å². The quantitative estimate of drug-likeness (QED) is 0.848. The molecule has 1 aliphatic heterocycles. The molecule has 128 valence electrons. The first-order chi connectivity index (χ1) is 11.4. The Balaban J connectivity index is 2.08. The fourth-order valence-electron chi connectivity index (χ4n) is 3.79. The van der Waals surface area contributed by atoms with E-state index in [1.807, 2.05) is 45.0 Å². The van der Waals surface area contributed by atoms with E-state index in [1.54, 1.807) is 16.7 Å². The molecule has 1 aliphatic rings. The minimum absolute atomic E-state index is 0.127. The first-order valence-electron chi connectivity index (χ1n) is 8.41. The van der Waals surface area contributed by atoms with Crippen molar-refractivity contribution in [1.82, 2.24) is 9.29 Å². The van der Waals surface area contributed by atoms with Crippen molar-refractivity contribution in [2.24, 2.45) is 0 Å². The fourth-order valence-corrected chi connectivity index (χ4v) is 5.89. The van der Waals surface area contributed by atoms with Crippen LogP contribution in [0.25, 0.3) is 0 Å². The van der Waals surface area contributed by atoms with Crippen molar-refractivity contribution in [3.05, 3.63) is 58.9 Å². The first kappa shape index (κ1) is 17.1. The van der Waals surface area contributed by atoms with Gasteiger partial charge in [-0.3, -0.25) is 4.98 Å². The van der Waals surface area contributed by atoms with E-state index in [0.29, 0.717) is 11.4 Å². The molecule has 1 aromatic carbocycles. The molecule has 1 fully saturated rings. The maximum atomic E-state index is 13.4. The average molecular weight is 344 g/mol. The van der Waals surface area contributed by atoms with Crippen LogP contribution in [0.2, 0.25) is 0 Å². The predicted octanol–water partition coefficient (Wildman–Crippen LogP) is 3.92. The summed E-state index contributed by atoms with van der Waals surface area (Å²) in [7, 11) is -3.53. The highest BCUT2D eigenvalue weighted by Gasteiger charge is 2.36. The molecule has 0 N–H and O–H groups in total. The molecule has 0 radical (unpaired) electrons. The largest absolute Gasteiger partial charge is 0.264 e. The second-order valence-electron chi connectivity index (χ2n) is 6.64. The van der Waals surface area contributed by atoms with Crippen LogP contribution < -0.4 is 0 Å². The number of sulfonamides is 1. The van der Waals surface area contributed by atoms with Crippen LogP contribution >= 0.6 is 0 Å². The van der Waals surface area contributed by atoms with E-state index in [9.17, 15) is 8.42 Å². The summed E-state index contributed by atoms with van der Waals surface area (Å²) in [5.74, 6) is 0. The molecule has 5 heteroatoms. The van der Waals surface area contributed by atoms with Gasteiger partial charge in [0.1, 0.15) is 0 Å². The molecule has 1 saturated heterocycles. The van der Waals surface area contributed by atoms with Crippen molar-refractivity contribution >= 4 is 10.0 Å². The smallest absolute Gasteiger partial charge is 0.244 e. The number of aryl methyl sites for hydroxylation is 3. The molecular weight excluding hydrogens is 320 g/mol. The number of pyridine rings is 1. The van der Waals surface area contributed by atoms with Gasteiger partial charge in [0, 0.05) is 18.9 Å². The molecule has 0 spiro atoms. The van der Waals surface area contributed by atoms with Gasteiger partial charge in [0.25, 0.3) is 0 Å². The molecule has 1 atom stereocenters. The van der Waals surface area contributed by atoms with Crippen LogP contribution in [0.1, 0.15) is 47.6 Å². The molecule has 3 rings (SSSR count). The zero-order valence-corrected chi connectivity index (χ0v) is 15.3. The highest BCUT2D eigenvalue weighted by atomic mass is 32.2. The highest BCUT2D eigenvalue weighted by Crippen LogP contribution is 2.36.